The normalized spacial score (nSPS) is 33.7. The summed E-state index contributed by atoms with van der Waals surface area (Å²) in [4.78, 5) is 53.1. The Bertz CT molecular complexity index is 1460. The summed E-state index contributed by atoms with van der Waals surface area (Å²) < 4.78 is 13.7. The molecule has 0 spiro atoms. The summed E-state index contributed by atoms with van der Waals surface area (Å²) in [5.41, 5.74) is 0.995. The van der Waals surface area contributed by atoms with Crippen LogP contribution in [0.25, 0.3) is 0 Å². The lowest BCUT2D eigenvalue weighted by molar-refractivity contribution is -0.140. The molecule has 2 saturated heterocycles. The molecule has 4 aliphatic rings. The molecule has 0 unspecified atom stereocenters. The molecular weight excluding hydrogens is 546 g/mol. The average molecular weight is 571 g/mol. The number of carbonyl (C=O) groups is 4. The number of halogens is 3. The van der Waals surface area contributed by atoms with E-state index in [-0.39, 0.29) is 48.2 Å². The van der Waals surface area contributed by atoms with Crippen LogP contribution in [0.5, 0.6) is 5.75 Å². The van der Waals surface area contributed by atoms with Gasteiger partial charge in [-0.2, -0.15) is 0 Å². The van der Waals surface area contributed by atoms with Gasteiger partial charge in [0.2, 0.25) is 11.8 Å². The number of imide groups is 2. The maximum absolute atomic E-state index is 14.2. The van der Waals surface area contributed by atoms with Crippen molar-refractivity contribution in [3.8, 4) is 5.75 Å². The number of amides is 4. The van der Waals surface area contributed by atoms with E-state index in [1.165, 1.54) is 23.1 Å². The lowest BCUT2D eigenvalue weighted by Gasteiger charge is -2.50. The van der Waals surface area contributed by atoms with Crippen LogP contribution in [0, 0.1) is 23.6 Å². The highest BCUT2D eigenvalue weighted by atomic mass is 35.5. The molecule has 4 amide bonds. The zero-order valence-electron chi connectivity index (χ0n) is 20.9. The van der Waals surface area contributed by atoms with E-state index in [9.17, 15) is 28.7 Å². The molecule has 3 fully saturated rings. The van der Waals surface area contributed by atoms with Gasteiger partial charge in [-0.05, 0) is 55.5 Å². The first kappa shape index (κ1) is 26.0. The number of phenols is 1. The van der Waals surface area contributed by atoms with Gasteiger partial charge in [-0.25, -0.2) is 9.29 Å². The number of allylic oxidation sites excluding steroid dienone is 2. The van der Waals surface area contributed by atoms with Crippen molar-refractivity contribution in [1.82, 2.24) is 4.90 Å². The molecule has 2 aromatic rings. The maximum Gasteiger partial charge on any atom is 0.258 e. The second kappa shape index (κ2) is 8.89. The minimum atomic E-state index is -2.07. The van der Waals surface area contributed by atoms with Crippen molar-refractivity contribution < 1.29 is 28.7 Å². The number of alkyl halides is 2. The number of nitrogens with zero attached hydrogens (tertiary/aromatic N) is 2. The minimum Gasteiger partial charge on any atom is -0.508 e. The van der Waals surface area contributed by atoms with E-state index >= 15 is 0 Å². The van der Waals surface area contributed by atoms with Gasteiger partial charge in [0.1, 0.15) is 11.6 Å². The smallest absolute Gasteiger partial charge is 0.258 e. The van der Waals surface area contributed by atoms with Gasteiger partial charge < -0.3 is 5.11 Å². The van der Waals surface area contributed by atoms with Gasteiger partial charge in [-0.3, -0.25) is 24.1 Å². The first-order chi connectivity index (χ1) is 18.6. The van der Waals surface area contributed by atoms with Crippen molar-refractivity contribution in [2.24, 2.45) is 17.8 Å². The van der Waals surface area contributed by atoms with Crippen LogP contribution >= 0.6 is 23.2 Å². The van der Waals surface area contributed by atoms with Gasteiger partial charge in [-0.15, -0.1) is 23.2 Å². The summed E-state index contributed by atoms with van der Waals surface area (Å²) in [6, 6.07) is 11.2. The molecule has 10 heteroatoms. The van der Waals surface area contributed by atoms with Crippen LogP contribution in [0.1, 0.15) is 37.7 Å². The summed E-state index contributed by atoms with van der Waals surface area (Å²) in [6.07, 6.45) is 2.53. The van der Waals surface area contributed by atoms with Crippen molar-refractivity contribution >= 4 is 52.5 Å². The van der Waals surface area contributed by atoms with Gasteiger partial charge in [-0.1, -0.05) is 36.8 Å². The molecule has 7 nitrogen and oxygen atoms in total. The third-order valence-electron chi connectivity index (χ3n) is 8.68. The first-order valence-corrected chi connectivity index (χ1v) is 13.7. The summed E-state index contributed by atoms with van der Waals surface area (Å²) in [5, 5.41) is 10.9. The minimum absolute atomic E-state index is 0.105. The van der Waals surface area contributed by atoms with Crippen molar-refractivity contribution in [3.63, 3.8) is 0 Å². The summed E-state index contributed by atoms with van der Waals surface area (Å²) in [5.74, 6) is -5.97. The van der Waals surface area contributed by atoms with Gasteiger partial charge in [0, 0.05) is 18.0 Å². The van der Waals surface area contributed by atoms with Crippen LogP contribution in [0.4, 0.5) is 10.1 Å². The number of likely N-dealkylation sites (tertiary alicyclic amines) is 1. The second-order valence-corrected chi connectivity index (χ2v) is 11.9. The summed E-state index contributed by atoms with van der Waals surface area (Å²) in [7, 11) is 0. The van der Waals surface area contributed by atoms with E-state index < -0.39 is 51.1 Å². The Hall–Kier alpha value is -3.23. The number of fused-ring (bicyclic) bond motifs is 4. The molecule has 2 heterocycles. The number of hydrogen-bond donors (Lipinski definition) is 1. The summed E-state index contributed by atoms with van der Waals surface area (Å²) in [6.45, 7) is 2.17. The Labute approximate surface area is 234 Å². The molecule has 0 aromatic heterocycles. The van der Waals surface area contributed by atoms with Crippen LogP contribution < -0.4 is 4.90 Å². The standard InChI is InChI=1S/C29H25Cl2FN2O5/c1-2-13-33-24(36)19-12-11-17-20(22(19)25(33)37)14-28(30)26(38)34(16-9-7-15(32)8-10-16)27(39)29(28,31)23(17)18-5-3-4-6-21(18)35/h3-11,19-20,22-23,35H,2,12-14H2,1H3/t19-,20+,22-,23+,28+,29-/m0/s1. The van der Waals surface area contributed by atoms with Gasteiger partial charge in [0.25, 0.3) is 11.8 Å². The SMILES string of the molecule is CCCN1C(=O)[C@H]2[C@H](CC=C3[C@H]2C[C@@]2(Cl)C(=O)N(c4ccc(F)cc4)C(=O)[C@@]2(Cl)[C@H]3c2ccccc2O)C1=O. The highest BCUT2D eigenvalue weighted by Gasteiger charge is 2.76. The fraction of sp³-hybridized carbons (Fsp3) is 0.379. The molecule has 0 bridgehead atoms. The van der Waals surface area contributed by atoms with E-state index in [4.69, 9.17) is 23.2 Å². The van der Waals surface area contributed by atoms with Crippen molar-refractivity contribution in [3.05, 3.63) is 71.6 Å². The molecule has 0 radical (unpaired) electrons. The van der Waals surface area contributed by atoms with Gasteiger partial charge in [0.15, 0.2) is 9.75 Å². The monoisotopic (exact) mass is 570 g/mol. The van der Waals surface area contributed by atoms with E-state index in [0.29, 0.717) is 12.0 Å². The van der Waals surface area contributed by atoms with Crippen LogP contribution in [-0.2, 0) is 19.2 Å². The van der Waals surface area contributed by atoms with Gasteiger partial charge >= 0.3 is 0 Å². The predicted octanol–water partition coefficient (Wildman–Crippen LogP) is 4.50. The molecular formula is C29H25Cl2FN2O5. The quantitative estimate of drug-likeness (QED) is 0.331. The van der Waals surface area contributed by atoms with Gasteiger partial charge in [0.05, 0.1) is 17.5 Å². The highest BCUT2D eigenvalue weighted by molar-refractivity contribution is 6.58. The number of para-hydroxylation sites is 1. The number of anilines is 1. The lowest BCUT2D eigenvalue weighted by Crippen LogP contribution is -2.60. The van der Waals surface area contributed by atoms with E-state index in [1.807, 2.05) is 13.0 Å². The Morgan fingerprint density at radius 3 is 2.33 bits per heavy atom. The number of benzene rings is 2. The third kappa shape index (κ3) is 3.34. The van der Waals surface area contributed by atoms with E-state index in [0.717, 1.165) is 17.0 Å². The highest BCUT2D eigenvalue weighted by Crippen LogP contribution is 2.66. The Morgan fingerprint density at radius 2 is 1.67 bits per heavy atom. The van der Waals surface area contributed by atoms with Crippen LogP contribution in [0.3, 0.4) is 0 Å². The van der Waals surface area contributed by atoms with Crippen molar-refractivity contribution in [2.45, 2.75) is 41.9 Å². The Morgan fingerprint density at radius 1 is 0.974 bits per heavy atom. The molecule has 2 aromatic carbocycles. The van der Waals surface area contributed by atoms with E-state index in [2.05, 4.69) is 0 Å². The number of rotatable bonds is 4. The predicted molar refractivity (Wildman–Crippen MR) is 142 cm³/mol. The molecule has 1 N–H and O–H groups in total. The number of hydrogen-bond acceptors (Lipinski definition) is 5. The Kier molecular flexibility index (Phi) is 5.93. The van der Waals surface area contributed by atoms with Crippen molar-refractivity contribution in [1.29, 1.82) is 0 Å². The van der Waals surface area contributed by atoms with E-state index in [1.54, 1.807) is 18.2 Å². The Balaban J connectivity index is 1.55. The zero-order chi connectivity index (χ0) is 27.9. The van der Waals surface area contributed by atoms with Crippen LogP contribution in [-0.4, -0.2) is 49.9 Å². The molecule has 1 saturated carbocycles. The molecule has 202 valence electrons. The maximum atomic E-state index is 14.2. The second-order valence-electron chi connectivity index (χ2n) is 10.6. The number of carbonyl (C=O) groups excluding carboxylic acids is 4. The fourth-order valence-electron chi connectivity index (χ4n) is 6.99. The average Bonchev–Trinajstić information content (AvgIpc) is 3.24. The fourth-order valence-corrected chi connectivity index (χ4v) is 7.91. The molecule has 2 aliphatic carbocycles. The summed E-state index contributed by atoms with van der Waals surface area (Å²) >= 11 is 14.5. The molecule has 6 atom stereocenters. The molecule has 39 heavy (non-hydrogen) atoms. The molecule has 6 rings (SSSR count). The lowest BCUT2D eigenvalue weighted by atomic mass is 9.56. The zero-order valence-corrected chi connectivity index (χ0v) is 22.5. The topological polar surface area (TPSA) is 95.0 Å². The first-order valence-electron chi connectivity index (χ1n) is 12.9. The van der Waals surface area contributed by atoms with Crippen molar-refractivity contribution in [2.75, 3.05) is 11.4 Å². The largest absolute Gasteiger partial charge is 0.508 e. The van der Waals surface area contributed by atoms with Crippen LogP contribution in [0.15, 0.2) is 60.2 Å². The number of aromatic hydroxyl groups is 1. The third-order valence-corrected chi connectivity index (χ3v) is 10.1. The number of phenolic OH excluding ortho intramolecular Hbond substituents is 1. The van der Waals surface area contributed by atoms with Crippen LogP contribution in [0.2, 0.25) is 0 Å². The molecule has 2 aliphatic heterocycles.